The minimum absolute atomic E-state index is 0.229. The average Bonchev–Trinajstić information content (AvgIpc) is 2.45. The van der Waals surface area contributed by atoms with Crippen molar-refractivity contribution in [3.05, 3.63) is 34.9 Å². The zero-order valence-corrected chi connectivity index (χ0v) is 12.3. The maximum atomic E-state index is 13.3. The zero-order chi connectivity index (χ0) is 16.2. The number of carboxylic acid groups (broad SMARTS) is 1. The first-order valence-corrected chi connectivity index (χ1v) is 6.83. The second-order valence-corrected chi connectivity index (χ2v) is 4.97. The third kappa shape index (κ3) is 4.00. The smallest absolute Gasteiger partial charge is 0.336 e. The van der Waals surface area contributed by atoms with Gasteiger partial charge in [-0.25, -0.2) is 13.6 Å². The monoisotopic (exact) mass is 299 g/mol. The maximum Gasteiger partial charge on any atom is 0.336 e. The molecule has 1 rings (SSSR count). The van der Waals surface area contributed by atoms with Gasteiger partial charge in [0.1, 0.15) is 0 Å². The molecule has 0 spiro atoms. The van der Waals surface area contributed by atoms with E-state index in [1.807, 2.05) is 13.8 Å². The molecule has 1 N–H and O–H groups in total. The minimum Gasteiger partial charge on any atom is -0.478 e. The van der Waals surface area contributed by atoms with Crippen LogP contribution in [0.4, 0.5) is 8.78 Å². The van der Waals surface area contributed by atoms with Crippen molar-refractivity contribution >= 4 is 11.9 Å². The first-order chi connectivity index (χ1) is 9.81. The van der Waals surface area contributed by atoms with Gasteiger partial charge in [0.2, 0.25) is 0 Å². The molecule has 0 aliphatic carbocycles. The standard InChI is InChI=1S/C15H19F2NO3/c1-4-9(3)8-18(5-2)14(19)10-6-12(16)13(17)7-11(10)15(20)21/h6-7,9H,4-5,8H2,1-3H3,(H,20,21). The first-order valence-electron chi connectivity index (χ1n) is 6.83. The molecule has 1 aromatic rings. The molecule has 1 amide bonds. The molecule has 116 valence electrons. The summed E-state index contributed by atoms with van der Waals surface area (Å²) in [7, 11) is 0. The van der Waals surface area contributed by atoms with Crippen LogP contribution in [0.2, 0.25) is 0 Å². The Morgan fingerprint density at radius 2 is 1.71 bits per heavy atom. The van der Waals surface area contributed by atoms with Gasteiger partial charge in [-0.2, -0.15) is 0 Å². The molecule has 1 unspecified atom stereocenters. The Hall–Kier alpha value is -1.98. The minimum atomic E-state index is -1.46. The van der Waals surface area contributed by atoms with Crippen molar-refractivity contribution in [2.24, 2.45) is 5.92 Å². The second kappa shape index (κ2) is 7.15. The predicted octanol–water partition coefficient (Wildman–Crippen LogP) is 3.17. The van der Waals surface area contributed by atoms with E-state index >= 15 is 0 Å². The summed E-state index contributed by atoms with van der Waals surface area (Å²) >= 11 is 0. The number of benzene rings is 1. The fourth-order valence-corrected chi connectivity index (χ4v) is 1.93. The average molecular weight is 299 g/mol. The summed E-state index contributed by atoms with van der Waals surface area (Å²) in [6.07, 6.45) is 0.855. The van der Waals surface area contributed by atoms with Crippen LogP contribution in [0.25, 0.3) is 0 Å². The fraction of sp³-hybridized carbons (Fsp3) is 0.467. The summed E-state index contributed by atoms with van der Waals surface area (Å²) < 4.78 is 26.5. The third-order valence-corrected chi connectivity index (χ3v) is 3.42. The van der Waals surface area contributed by atoms with E-state index < -0.39 is 29.1 Å². The van der Waals surface area contributed by atoms with Gasteiger partial charge in [0.15, 0.2) is 11.6 Å². The van der Waals surface area contributed by atoms with Gasteiger partial charge in [-0.3, -0.25) is 4.79 Å². The van der Waals surface area contributed by atoms with Crippen molar-refractivity contribution in [2.45, 2.75) is 27.2 Å². The normalized spacial score (nSPS) is 12.0. The molecular formula is C15H19F2NO3. The number of halogens is 2. The summed E-state index contributed by atoms with van der Waals surface area (Å²) in [5, 5.41) is 9.05. The van der Waals surface area contributed by atoms with Crippen LogP contribution < -0.4 is 0 Å². The molecule has 4 nitrogen and oxygen atoms in total. The fourth-order valence-electron chi connectivity index (χ4n) is 1.93. The third-order valence-electron chi connectivity index (χ3n) is 3.42. The summed E-state index contributed by atoms with van der Waals surface area (Å²) in [6.45, 7) is 6.48. The lowest BCUT2D eigenvalue weighted by Gasteiger charge is -2.24. The van der Waals surface area contributed by atoms with Gasteiger partial charge in [0.05, 0.1) is 11.1 Å². The van der Waals surface area contributed by atoms with Crippen molar-refractivity contribution < 1.29 is 23.5 Å². The summed E-state index contributed by atoms with van der Waals surface area (Å²) in [4.78, 5) is 24.9. The van der Waals surface area contributed by atoms with E-state index in [1.54, 1.807) is 6.92 Å². The number of carbonyl (C=O) groups excluding carboxylic acids is 1. The predicted molar refractivity (Wildman–Crippen MR) is 74.3 cm³/mol. The maximum absolute atomic E-state index is 13.3. The molecular weight excluding hydrogens is 280 g/mol. The summed E-state index contributed by atoms with van der Waals surface area (Å²) in [6, 6.07) is 1.20. The Kier molecular flexibility index (Phi) is 5.81. The number of rotatable bonds is 6. The van der Waals surface area contributed by atoms with Crippen LogP contribution in [0.1, 0.15) is 47.9 Å². The van der Waals surface area contributed by atoms with Crippen molar-refractivity contribution in [3.8, 4) is 0 Å². The van der Waals surface area contributed by atoms with E-state index in [9.17, 15) is 18.4 Å². The van der Waals surface area contributed by atoms with Gasteiger partial charge in [-0.05, 0) is 25.0 Å². The topological polar surface area (TPSA) is 57.6 Å². The number of hydrogen-bond donors (Lipinski definition) is 1. The number of carboxylic acids is 1. The van der Waals surface area contributed by atoms with Crippen LogP contribution in [-0.4, -0.2) is 35.0 Å². The van der Waals surface area contributed by atoms with E-state index in [2.05, 4.69) is 0 Å². The van der Waals surface area contributed by atoms with E-state index in [-0.39, 0.29) is 11.5 Å². The SMILES string of the molecule is CCC(C)CN(CC)C(=O)c1cc(F)c(F)cc1C(=O)O. The highest BCUT2D eigenvalue weighted by molar-refractivity contribution is 6.04. The van der Waals surface area contributed by atoms with E-state index in [1.165, 1.54) is 4.90 Å². The van der Waals surface area contributed by atoms with Gasteiger partial charge in [-0.1, -0.05) is 20.3 Å². The van der Waals surface area contributed by atoms with Crippen molar-refractivity contribution in [1.82, 2.24) is 4.90 Å². The molecule has 0 aliphatic rings. The second-order valence-electron chi connectivity index (χ2n) is 4.97. The van der Waals surface area contributed by atoms with Crippen molar-refractivity contribution in [2.75, 3.05) is 13.1 Å². The number of carbonyl (C=O) groups is 2. The van der Waals surface area contributed by atoms with Crippen LogP contribution in [0.5, 0.6) is 0 Å². The highest BCUT2D eigenvalue weighted by Gasteiger charge is 2.24. The Balaban J connectivity index is 3.21. The van der Waals surface area contributed by atoms with Gasteiger partial charge in [0, 0.05) is 13.1 Å². The molecule has 0 saturated carbocycles. The zero-order valence-electron chi connectivity index (χ0n) is 12.3. The Bertz CT molecular complexity index is 546. The molecule has 0 heterocycles. The molecule has 0 radical (unpaired) electrons. The van der Waals surface area contributed by atoms with Crippen LogP contribution in [-0.2, 0) is 0 Å². The molecule has 1 atom stereocenters. The molecule has 6 heteroatoms. The van der Waals surface area contributed by atoms with Gasteiger partial charge in [-0.15, -0.1) is 0 Å². The Labute approximate surface area is 122 Å². The summed E-state index contributed by atoms with van der Waals surface area (Å²) in [5.41, 5.74) is -0.854. The lowest BCUT2D eigenvalue weighted by Crippen LogP contribution is -2.35. The molecule has 0 aliphatic heterocycles. The van der Waals surface area contributed by atoms with Gasteiger partial charge < -0.3 is 10.0 Å². The van der Waals surface area contributed by atoms with Crippen molar-refractivity contribution in [3.63, 3.8) is 0 Å². The number of aromatic carboxylic acids is 1. The molecule has 0 saturated heterocycles. The summed E-state index contributed by atoms with van der Waals surface area (Å²) in [5.74, 6) is -4.35. The van der Waals surface area contributed by atoms with E-state index in [4.69, 9.17) is 5.11 Å². The lowest BCUT2D eigenvalue weighted by atomic mass is 10.0. The Morgan fingerprint density at radius 1 is 1.19 bits per heavy atom. The van der Waals surface area contributed by atoms with E-state index in [0.29, 0.717) is 25.2 Å². The Morgan fingerprint density at radius 3 is 2.14 bits per heavy atom. The van der Waals surface area contributed by atoms with Crippen LogP contribution in [0.3, 0.4) is 0 Å². The van der Waals surface area contributed by atoms with Gasteiger partial charge in [0.25, 0.3) is 5.91 Å². The van der Waals surface area contributed by atoms with Gasteiger partial charge >= 0.3 is 5.97 Å². The van der Waals surface area contributed by atoms with E-state index in [0.717, 1.165) is 6.42 Å². The largest absolute Gasteiger partial charge is 0.478 e. The van der Waals surface area contributed by atoms with Crippen LogP contribution >= 0.6 is 0 Å². The first kappa shape index (κ1) is 17.1. The lowest BCUT2D eigenvalue weighted by molar-refractivity contribution is 0.0670. The van der Waals surface area contributed by atoms with Crippen LogP contribution in [0, 0.1) is 17.6 Å². The molecule has 0 aromatic heterocycles. The van der Waals surface area contributed by atoms with Crippen LogP contribution in [0.15, 0.2) is 12.1 Å². The quantitative estimate of drug-likeness (QED) is 0.877. The molecule has 0 fully saturated rings. The highest BCUT2D eigenvalue weighted by atomic mass is 19.2. The number of nitrogens with zero attached hydrogens (tertiary/aromatic N) is 1. The molecule has 1 aromatic carbocycles. The molecule has 21 heavy (non-hydrogen) atoms. The molecule has 0 bridgehead atoms. The number of hydrogen-bond acceptors (Lipinski definition) is 2. The highest BCUT2D eigenvalue weighted by Crippen LogP contribution is 2.18. The van der Waals surface area contributed by atoms with Crippen molar-refractivity contribution in [1.29, 1.82) is 0 Å². The number of amides is 1.